The first-order valence-corrected chi connectivity index (χ1v) is 9.61. The summed E-state index contributed by atoms with van der Waals surface area (Å²) < 4.78 is 28.0. The molecule has 130 valence electrons. The largest absolute Gasteiger partial charge is 0.370 e. The molecule has 1 atom stereocenters. The van der Waals surface area contributed by atoms with Crippen LogP contribution in [0.4, 0.5) is 5.82 Å². The van der Waals surface area contributed by atoms with Gasteiger partial charge in [0.25, 0.3) is 0 Å². The molecule has 0 bridgehead atoms. The lowest BCUT2D eigenvalue weighted by atomic mass is 10.0. The fraction of sp³-hybridized carbons (Fsp3) is 0.294. The summed E-state index contributed by atoms with van der Waals surface area (Å²) in [7, 11) is -2.07. The van der Waals surface area contributed by atoms with Crippen LogP contribution in [0, 0.1) is 0 Å². The molecular weight excluding hydrogens is 338 g/mol. The third kappa shape index (κ3) is 2.49. The van der Waals surface area contributed by atoms with E-state index in [1.165, 1.54) is 0 Å². The minimum atomic E-state index is -3.73. The predicted octanol–water partition coefficient (Wildman–Crippen LogP) is 1.64. The first-order valence-electron chi connectivity index (χ1n) is 8.13. The number of fused-ring (bicyclic) bond motifs is 3. The van der Waals surface area contributed by atoms with Gasteiger partial charge >= 0.3 is 0 Å². The molecule has 0 fully saturated rings. The summed E-state index contributed by atoms with van der Waals surface area (Å²) in [6, 6.07) is 8.73. The molecule has 4 rings (SSSR count). The first-order chi connectivity index (χ1) is 12.0. The number of nitrogens with one attached hydrogen (secondary N) is 2. The van der Waals surface area contributed by atoms with Crippen LogP contribution >= 0.6 is 0 Å². The molecule has 0 amide bonds. The van der Waals surface area contributed by atoms with Gasteiger partial charge in [0.2, 0.25) is 9.84 Å². The fourth-order valence-corrected chi connectivity index (χ4v) is 4.73. The van der Waals surface area contributed by atoms with E-state index in [9.17, 15) is 8.42 Å². The lowest BCUT2D eigenvalue weighted by molar-refractivity contribution is 0.494. The van der Waals surface area contributed by atoms with E-state index in [1.54, 1.807) is 48.1 Å². The van der Waals surface area contributed by atoms with Gasteiger partial charge in [-0.25, -0.2) is 17.9 Å². The monoisotopic (exact) mass is 357 g/mol. The Morgan fingerprint density at radius 3 is 2.76 bits per heavy atom. The zero-order chi connectivity index (χ0) is 17.6. The van der Waals surface area contributed by atoms with Crippen LogP contribution in [0.1, 0.15) is 18.2 Å². The molecule has 7 nitrogen and oxygen atoms in total. The van der Waals surface area contributed by atoms with E-state index in [2.05, 4.69) is 27.6 Å². The number of nitrogens with zero attached hydrogens (tertiary/aromatic N) is 3. The second kappa shape index (κ2) is 5.82. The second-order valence-corrected chi connectivity index (χ2v) is 8.08. The van der Waals surface area contributed by atoms with E-state index in [1.807, 2.05) is 0 Å². The van der Waals surface area contributed by atoms with Gasteiger partial charge in [0, 0.05) is 25.8 Å². The normalized spacial score (nSPS) is 17.4. The van der Waals surface area contributed by atoms with Crippen LogP contribution < -0.4 is 10.6 Å². The lowest BCUT2D eigenvalue weighted by Crippen LogP contribution is -2.34. The number of hydrogen-bond acceptors (Lipinski definition) is 6. The van der Waals surface area contributed by atoms with Gasteiger partial charge in [-0.15, -0.1) is 5.10 Å². The van der Waals surface area contributed by atoms with E-state index in [-0.39, 0.29) is 9.79 Å². The quantitative estimate of drug-likeness (QED) is 0.741. The summed E-state index contributed by atoms with van der Waals surface area (Å²) in [5.74, 6) is 0.309. The van der Waals surface area contributed by atoms with E-state index >= 15 is 0 Å². The van der Waals surface area contributed by atoms with E-state index in [4.69, 9.17) is 0 Å². The summed E-state index contributed by atoms with van der Waals surface area (Å²) in [6.45, 7) is 2.74. The van der Waals surface area contributed by atoms with Crippen molar-refractivity contribution in [3.63, 3.8) is 0 Å². The molecule has 1 aliphatic rings. The third-order valence-corrected chi connectivity index (χ3v) is 6.30. The van der Waals surface area contributed by atoms with Crippen molar-refractivity contribution in [3.8, 4) is 0 Å². The topological polar surface area (TPSA) is 88.4 Å². The van der Waals surface area contributed by atoms with Crippen molar-refractivity contribution in [2.45, 2.75) is 35.7 Å². The molecule has 2 N–H and O–H groups in total. The lowest BCUT2D eigenvalue weighted by Gasteiger charge is -2.22. The van der Waals surface area contributed by atoms with Crippen LogP contribution in [0.15, 0.2) is 46.3 Å². The van der Waals surface area contributed by atoms with Gasteiger partial charge < -0.3 is 10.6 Å². The van der Waals surface area contributed by atoms with Crippen LogP contribution in [-0.4, -0.2) is 36.1 Å². The molecule has 3 heterocycles. The molecule has 0 radical (unpaired) electrons. The summed E-state index contributed by atoms with van der Waals surface area (Å²) in [5, 5.41) is 10.8. The maximum absolute atomic E-state index is 13.2. The van der Waals surface area contributed by atoms with Crippen LogP contribution in [0.25, 0.3) is 5.65 Å². The molecule has 1 aliphatic heterocycles. The van der Waals surface area contributed by atoms with Crippen molar-refractivity contribution >= 4 is 21.3 Å². The smallest absolute Gasteiger partial charge is 0.214 e. The molecular formula is C17H19N5O2S. The van der Waals surface area contributed by atoms with Gasteiger partial charge in [-0.2, -0.15) is 0 Å². The Balaban J connectivity index is 1.99. The van der Waals surface area contributed by atoms with Crippen LogP contribution in [0.3, 0.4) is 0 Å². The molecule has 1 unspecified atom stereocenters. The Kier molecular flexibility index (Phi) is 3.73. The van der Waals surface area contributed by atoms with Crippen molar-refractivity contribution in [1.82, 2.24) is 19.9 Å². The molecule has 3 aromatic rings. The first kappa shape index (κ1) is 16.0. The zero-order valence-corrected chi connectivity index (χ0v) is 14.8. The molecule has 0 aliphatic carbocycles. The maximum Gasteiger partial charge on any atom is 0.214 e. The van der Waals surface area contributed by atoms with Gasteiger partial charge in [-0.1, -0.05) is 18.2 Å². The Labute approximate surface area is 146 Å². The average molecular weight is 357 g/mol. The summed E-state index contributed by atoms with van der Waals surface area (Å²) in [6.07, 6.45) is 2.61. The minimum Gasteiger partial charge on any atom is -0.370 e. The molecule has 0 saturated carbocycles. The highest BCUT2D eigenvalue weighted by atomic mass is 32.2. The molecule has 0 spiro atoms. The number of rotatable bonds is 3. The zero-order valence-electron chi connectivity index (χ0n) is 14.0. The standard InChI is InChI=1S/C17H19N5O2S/c1-11-8-12-9-20-17-15(25(23,24)13-6-4-3-5-7-13)16(18-2)21-22(17)14(12)10-19-11/h3-7,9,11,19H,8,10H2,1-2H3,(H,18,21). The SMILES string of the molecule is CNc1nn2c3c(cnc2c1S(=O)(=O)c1ccccc1)CC(C)NC3. The number of hydrogen-bond donors (Lipinski definition) is 2. The number of sulfone groups is 1. The molecule has 25 heavy (non-hydrogen) atoms. The predicted molar refractivity (Wildman–Crippen MR) is 94.4 cm³/mol. The second-order valence-electron chi connectivity index (χ2n) is 6.20. The minimum absolute atomic E-state index is 0.114. The highest BCUT2D eigenvalue weighted by Crippen LogP contribution is 2.31. The van der Waals surface area contributed by atoms with Crippen LogP contribution in [-0.2, 0) is 22.8 Å². The summed E-state index contributed by atoms with van der Waals surface area (Å²) >= 11 is 0. The van der Waals surface area contributed by atoms with Gasteiger partial charge in [0.1, 0.15) is 0 Å². The molecule has 2 aromatic heterocycles. The Hall–Kier alpha value is -2.45. The summed E-state index contributed by atoms with van der Waals surface area (Å²) in [5.41, 5.74) is 2.39. The molecule has 0 saturated heterocycles. The third-order valence-electron chi connectivity index (χ3n) is 4.49. The molecule has 8 heteroatoms. The van der Waals surface area contributed by atoms with Crippen molar-refractivity contribution in [1.29, 1.82) is 0 Å². The van der Waals surface area contributed by atoms with Crippen molar-refractivity contribution < 1.29 is 8.42 Å². The van der Waals surface area contributed by atoms with Crippen molar-refractivity contribution in [2.75, 3.05) is 12.4 Å². The van der Waals surface area contributed by atoms with Gasteiger partial charge in [0.15, 0.2) is 16.4 Å². The fourth-order valence-electron chi connectivity index (χ4n) is 3.21. The van der Waals surface area contributed by atoms with E-state index < -0.39 is 9.84 Å². The Morgan fingerprint density at radius 2 is 2.04 bits per heavy atom. The number of anilines is 1. The highest BCUT2D eigenvalue weighted by Gasteiger charge is 2.30. The number of benzene rings is 1. The van der Waals surface area contributed by atoms with Crippen molar-refractivity contribution in [3.05, 3.63) is 47.8 Å². The number of aromatic nitrogens is 3. The van der Waals surface area contributed by atoms with Gasteiger partial charge in [-0.3, -0.25) is 0 Å². The van der Waals surface area contributed by atoms with Crippen LogP contribution in [0.2, 0.25) is 0 Å². The maximum atomic E-state index is 13.2. The van der Waals surface area contributed by atoms with Gasteiger partial charge in [-0.05, 0) is 31.0 Å². The Bertz CT molecular complexity index is 1040. The average Bonchev–Trinajstić information content (AvgIpc) is 3.02. The van der Waals surface area contributed by atoms with E-state index in [0.717, 1.165) is 17.7 Å². The van der Waals surface area contributed by atoms with Crippen LogP contribution in [0.5, 0.6) is 0 Å². The summed E-state index contributed by atoms with van der Waals surface area (Å²) in [4.78, 5) is 4.79. The van der Waals surface area contributed by atoms with Gasteiger partial charge in [0.05, 0.1) is 10.6 Å². The Morgan fingerprint density at radius 1 is 1.28 bits per heavy atom. The van der Waals surface area contributed by atoms with Crippen molar-refractivity contribution in [2.24, 2.45) is 0 Å². The van der Waals surface area contributed by atoms with E-state index in [0.29, 0.717) is 24.1 Å². The highest BCUT2D eigenvalue weighted by molar-refractivity contribution is 7.91. The molecule has 1 aromatic carbocycles.